The quantitative estimate of drug-likeness (QED) is 0.449. The molecular weight excluding hydrogens is 476 g/mol. The average Bonchev–Trinajstić information content (AvgIpc) is 2.82. The van der Waals surface area contributed by atoms with Gasteiger partial charge in [0.15, 0.2) is 11.5 Å². The maximum atomic E-state index is 13.4. The molecule has 34 heavy (non-hydrogen) atoms. The topological polar surface area (TPSA) is 84.9 Å². The summed E-state index contributed by atoms with van der Waals surface area (Å²) in [6.07, 6.45) is 0. The van der Waals surface area contributed by atoms with Gasteiger partial charge >= 0.3 is 0 Å². The molecule has 0 radical (unpaired) electrons. The molecule has 0 fully saturated rings. The monoisotopic (exact) mass is 502 g/mol. The van der Waals surface area contributed by atoms with E-state index in [0.29, 0.717) is 22.1 Å². The van der Waals surface area contributed by atoms with Crippen LogP contribution in [0.3, 0.4) is 0 Å². The average molecular weight is 503 g/mol. The maximum Gasteiger partial charge on any atom is 0.243 e. The molecule has 3 aromatic rings. The van der Waals surface area contributed by atoms with Gasteiger partial charge in [0.2, 0.25) is 15.9 Å². The van der Waals surface area contributed by atoms with E-state index < -0.39 is 15.9 Å². The summed E-state index contributed by atoms with van der Waals surface area (Å²) < 4.78 is 38.4. The van der Waals surface area contributed by atoms with Crippen LogP contribution in [0, 0.1) is 6.92 Å². The molecule has 0 unspecified atom stereocenters. The standard InChI is InChI=1S/C25H27ClN2O5S/c1-18-7-10-22(11-8-18)34(30,31)28(16-20-5-4-6-21(26)13-20)17-25(29)27-15-19-9-12-23(32-2)24(14-19)33-3/h4-14H,15-17H2,1-3H3,(H,27,29). The van der Waals surface area contributed by atoms with Crippen LogP contribution < -0.4 is 14.8 Å². The summed E-state index contributed by atoms with van der Waals surface area (Å²) in [4.78, 5) is 12.9. The number of halogens is 1. The molecule has 0 aliphatic carbocycles. The summed E-state index contributed by atoms with van der Waals surface area (Å²) in [5, 5.41) is 3.27. The van der Waals surface area contributed by atoms with Crippen LogP contribution in [0.2, 0.25) is 5.02 Å². The van der Waals surface area contributed by atoms with Gasteiger partial charge in [-0.2, -0.15) is 4.31 Å². The number of methoxy groups -OCH3 is 2. The van der Waals surface area contributed by atoms with E-state index in [1.807, 2.05) is 6.92 Å². The van der Waals surface area contributed by atoms with Crippen molar-refractivity contribution in [2.45, 2.75) is 24.9 Å². The molecular formula is C25H27ClN2O5S. The minimum atomic E-state index is -3.93. The van der Waals surface area contributed by atoms with E-state index in [1.54, 1.807) is 61.7 Å². The Balaban J connectivity index is 1.79. The maximum absolute atomic E-state index is 13.4. The van der Waals surface area contributed by atoms with E-state index >= 15 is 0 Å². The van der Waals surface area contributed by atoms with Crippen molar-refractivity contribution in [1.82, 2.24) is 9.62 Å². The molecule has 0 spiro atoms. The van der Waals surface area contributed by atoms with Crippen molar-refractivity contribution >= 4 is 27.5 Å². The van der Waals surface area contributed by atoms with E-state index in [1.165, 1.54) is 19.2 Å². The predicted molar refractivity (Wildman–Crippen MR) is 132 cm³/mol. The summed E-state index contributed by atoms with van der Waals surface area (Å²) in [5.41, 5.74) is 2.40. The van der Waals surface area contributed by atoms with Crippen molar-refractivity contribution in [1.29, 1.82) is 0 Å². The fraction of sp³-hybridized carbons (Fsp3) is 0.240. The fourth-order valence-corrected chi connectivity index (χ4v) is 4.93. The third-order valence-corrected chi connectivity index (χ3v) is 7.21. The lowest BCUT2D eigenvalue weighted by Crippen LogP contribution is -2.40. The zero-order valence-electron chi connectivity index (χ0n) is 19.2. The predicted octanol–water partition coefficient (Wildman–Crippen LogP) is 4.17. The number of carbonyl (C=O) groups excluding carboxylic acids is 1. The van der Waals surface area contributed by atoms with E-state index in [-0.39, 0.29) is 24.5 Å². The smallest absolute Gasteiger partial charge is 0.243 e. The van der Waals surface area contributed by atoms with Crippen molar-refractivity contribution in [3.63, 3.8) is 0 Å². The highest BCUT2D eigenvalue weighted by atomic mass is 35.5. The molecule has 0 saturated heterocycles. The minimum absolute atomic E-state index is 0.000544. The lowest BCUT2D eigenvalue weighted by atomic mass is 10.2. The second-order valence-electron chi connectivity index (χ2n) is 7.68. The Morgan fingerprint density at radius 1 is 0.941 bits per heavy atom. The number of aryl methyl sites for hydroxylation is 1. The second kappa shape index (κ2) is 11.4. The van der Waals surface area contributed by atoms with Crippen LogP contribution >= 0.6 is 11.6 Å². The molecule has 0 aliphatic rings. The van der Waals surface area contributed by atoms with Gasteiger partial charge in [0.05, 0.1) is 25.7 Å². The highest BCUT2D eigenvalue weighted by molar-refractivity contribution is 7.89. The third kappa shape index (κ3) is 6.50. The molecule has 0 aliphatic heterocycles. The van der Waals surface area contributed by atoms with E-state index in [9.17, 15) is 13.2 Å². The molecule has 0 aromatic heterocycles. The largest absolute Gasteiger partial charge is 0.493 e. The van der Waals surface area contributed by atoms with Crippen LogP contribution in [0.25, 0.3) is 0 Å². The Morgan fingerprint density at radius 3 is 2.29 bits per heavy atom. The molecule has 3 aromatic carbocycles. The molecule has 3 rings (SSSR count). The van der Waals surface area contributed by atoms with Crippen LogP contribution in [0.15, 0.2) is 71.6 Å². The van der Waals surface area contributed by atoms with Gasteiger partial charge < -0.3 is 14.8 Å². The second-order valence-corrected chi connectivity index (χ2v) is 10.1. The molecule has 1 amide bonds. The van der Waals surface area contributed by atoms with Gasteiger partial charge in [-0.15, -0.1) is 0 Å². The van der Waals surface area contributed by atoms with Gasteiger partial charge in [0, 0.05) is 18.1 Å². The number of amides is 1. The van der Waals surface area contributed by atoms with Gasteiger partial charge in [-0.3, -0.25) is 4.79 Å². The summed E-state index contributed by atoms with van der Waals surface area (Å²) >= 11 is 6.08. The van der Waals surface area contributed by atoms with Crippen LogP contribution in [0.5, 0.6) is 11.5 Å². The molecule has 0 bridgehead atoms. The van der Waals surface area contributed by atoms with E-state index in [0.717, 1.165) is 15.4 Å². The number of benzene rings is 3. The van der Waals surface area contributed by atoms with Crippen LogP contribution in [0.4, 0.5) is 0 Å². The molecule has 0 saturated carbocycles. The van der Waals surface area contributed by atoms with Gasteiger partial charge in [-0.05, 0) is 54.4 Å². The van der Waals surface area contributed by atoms with Crippen molar-refractivity contribution in [3.8, 4) is 11.5 Å². The lowest BCUT2D eigenvalue weighted by molar-refractivity contribution is -0.121. The lowest BCUT2D eigenvalue weighted by Gasteiger charge is -2.22. The third-order valence-electron chi connectivity index (χ3n) is 5.16. The first-order chi connectivity index (χ1) is 16.2. The number of carbonyl (C=O) groups is 1. The van der Waals surface area contributed by atoms with Crippen molar-refractivity contribution < 1.29 is 22.7 Å². The number of nitrogens with one attached hydrogen (secondary N) is 1. The van der Waals surface area contributed by atoms with Crippen LogP contribution in [-0.4, -0.2) is 39.4 Å². The number of sulfonamides is 1. The molecule has 7 nitrogen and oxygen atoms in total. The Kier molecular flexibility index (Phi) is 8.55. The Hall–Kier alpha value is -3.07. The Bertz CT molecular complexity index is 1250. The molecule has 1 N–H and O–H groups in total. The molecule has 180 valence electrons. The van der Waals surface area contributed by atoms with Crippen LogP contribution in [-0.2, 0) is 27.9 Å². The number of nitrogens with zero attached hydrogens (tertiary/aromatic N) is 1. The molecule has 9 heteroatoms. The summed E-state index contributed by atoms with van der Waals surface area (Å²) in [5.74, 6) is 0.681. The summed E-state index contributed by atoms with van der Waals surface area (Å²) in [6, 6.07) is 18.7. The van der Waals surface area contributed by atoms with Gasteiger partial charge in [0.25, 0.3) is 0 Å². The zero-order chi connectivity index (χ0) is 24.7. The van der Waals surface area contributed by atoms with Crippen molar-refractivity contribution in [2.75, 3.05) is 20.8 Å². The first kappa shape index (κ1) is 25.6. The molecule has 0 heterocycles. The summed E-state index contributed by atoms with van der Waals surface area (Å²) in [7, 11) is -0.858. The summed E-state index contributed by atoms with van der Waals surface area (Å²) in [6.45, 7) is 1.73. The number of hydrogen-bond acceptors (Lipinski definition) is 5. The van der Waals surface area contributed by atoms with Gasteiger partial charge in [-0.25, -0.2) is 8.42 Å². The first-order valence-electron chi connectivity index (χ1n) is 10.5. The molecule has 0 atom stereocenters. The Labute approximate surface area is 205 Å². The zero-order valence-corrected chi connectivity index (χ0v) is 20.8. The van der Waals surface area contributed by atoms with Gasteiger partial charge in [-0.1, -0.05) is 47.5 Å². The number of rotatable bonds is 10. The first-order valence-corrected chi connectivity index (χ1v) is 12.3. The number of ether oxygens (including phenoxy) is 2. The fourth-order valence-electron chi connectivity index (χ4n) is 3.33. The van der Waals surface area contributed by atoms with Crippen LogP contribution in [0.1, 0.15) is 16.7 Å². The van der Waals surface area contributed by atoms with Gasteiger partial charge in [0.1, 0.15) is 0 Å². The van der Waals surface area contributed by atoms with E-state index in [2.05, 4.69) is 5.32 Å². The van der Waals surface area contributed by atoms with Crippen molar-refractivity contribution in [3.05, 3.63) is 88.4 Å². The Morgan fingerprint density at radius 2 is 1.65 bits per heavy atom. The highest BCUT2D eigenvalue weighted by Crippen LogP contribution is 2.27. The van der Waals surface area contributed by atoms with E-state index in [4.69, 9.17) is 21.1 Å². The SMILES string of the molecule is COc1ccc(CNC(=O)CN(Cc2cccc(Cl)c2)S(=O)(=O)c2ccc(C)cc2)cc1OC. The minimum Gasteiger partial charge on any atom is -0.493 e. The van der Waals surface area contributed by atoms with Crippen molar-refractivity contribution in [2.24, 2.45) is 0 Å². The number of hydrogen-bond donors (Lipinski definition) is 1. The highest BCUT2D eigenvalue weighted by Gasteiger charge is 2.27. The normalized spacial score (nSPS) is 11.3.